The summed E-state index contributed by atoms with van der Waals surface area (Å²) in [4.78, 5) is 3.61. The van der Waals surface area contributed by atoms with E-state index < -0.39 is 10.1 Å². The first-order chi connectivity index (χ1) is 9.05. The fourth-order valence-electron chi connectivity index (χ4n) is 1.33. The van der Waals surface area contributed by atoms with Crippen molar-refractivity contribution in [2.75, 3.05) is 5.43 Å². The molecule has 1 N–H and O–H groups in total. The van der Waals surface area contributed by atoms with Crippen molar-refractivity contribution < 1.29 is 42.5 Å². The van der Waals surface area contributed by atoms with Crippen molar-refractivity contribution >= 4 is 22.0 Å². The number of nitrogens with one attached hydrogen (secondary N) is 1. The second-order valence-corrected chi connectivity index (χ2v) is 5.01. The summed E-state index contributed by atoms with van der Waals surface area (Å²) >= 11 is 0. The van der Waals surface area contributed by atoms with Crippen LogP contribution in [0.25, 0.3) is 0 Å². The molecular weight excluding hydrogens is 289 g/mol. The van der Waals surface area contributed by atoms with Crippen LogP contribution in [0.15, 0.2) is 58.8 Å². The Morgan fingerprint density at radius 3 is 2.25 bits per heavy atom. The molecule has 2 aromatic rings. The summed E-state index contributed by atoms with van der Waals surface area (Å²) in [6.07, 6.45) is 4.89. The van der Waals surface area contributed by atoms with Gasteiger partial charge in [0.1, 0.15) is 10.1 Å². The van der Waals surface area contributed by atoms with Crippen molar-refractivity contribution in [3.8, 4) is 0 Å². The van der Waals surface area contributed by atoms with E-state index in [4.69, 9.17) is 0 Å². The molecular formula is C12H10N3NaO3S. The summed E-state index contributed by atoms with van der Waals surface area (Å²) in [7, 11) is -4.41. The predicted molar refractivity (Wildman–Crippen MR) is 69.9 cm³/mol. The maximum absolute atomic E-state index is 10.7. The number of hydrogen-bond donors (Lipinski definition) is 1. The Kier molecular flexibility index (Phi) is 6.31. The average Bonchev–Trinajstić information content (AvgIpc) is 2.39. The number of hydrazone groups is 1. The maximum atomic E-state index is 10.7. The SMILES string of the molecule is O=S(=O)([O-])c1ccc(N/N=C/c2ccncc2)cc1.[Na+]. The molecule has 0 aliphatic heterocycles. The van der Waals surface area contributed by atoms with Crippen molar-refractivity contribution in [1.29, 1.82) is 0 Å². The van der Waals surface area contributed by atoms with Gasteiger partial charge in [0.15, 0.2) is 0 Å². The van der Waals surface area contributed by atoms with Crippen LogP contribution in [0.5, 0.6) is 0 Å². The summed E-state index contributed by atoms with van der Waals surface area (Å²) < 4.78 is 32.2. The Bertz CT molecular complexity index is 673. The molecule has 0 saturated carbocycles. The van der Waals surface area contributed by atoms with Crippen LogP contribution in [0.4, 0.5) is 5.69 Å². The monoisotopic (exact) mass is 299 g/mol. The third kappa shape index (κ3) is 5.03. The Morgan fingerprint density at radius 2 is 1.70 bits per heavy atom. The fourth-order valence-corrected chi connectivity index (χ4v) is 1.80. The van der Waals surface area contributed by atoms with Crippen LogP contribution >= 0.6 is 0 Å². The van der Waals surface area contributed by atoms with Crippen LogP contribution in [0.2, 0.25) is 0 Å². The minimum atomic E-state index is -4.41. The molecule has 0 unspecified atom stereocenters. The van der Waals surface area contributed by atoms with Gasteiger partial charge in [0.2, 0.25) is 0 Å². The Labute approximate surface area is 139 Å². The van der Waals surface area contributed by atoms with Gasteiger partial charge in [-0.25, -0.2) is 8.42 Å². The van der Waals surface area contributed by atoms with Gasteiger partial charge in [-0.2, -0.15) is 5.10 Å². The topological polar surface area (TPSA) is 94.5 Å². The number of nitrogens with zero attached hydrogens (tertiary/aromatic N) is 2. The number of rotatable bonds is 4. The minimum Gasteiger partial charge on any atom is -0.744 e. The molecule has 0 spiro atoms. The average molecular weight is 299 g/mol. The van der Waals surface area contributed by atoms with Crippen LogP contribution in [0.1, 0.15) is 5.56 Å². The fraction of sp³-hybridized carbons (Fsp3) is 0. The molecule has 2 rings (SSSR count). The third-order valence-corrected chi connectivity index (χ3v) is 3.11. The van der Waals surface area contributed by atoms with Crippen LogP contribution in [-0.2, 0) is 10.1 Å². The second kappa shape index (κ2) is 7.51. The van der Waals surface area contributed by atoms with E-state index in [-0.39, 0.29) is 34.5 Å². The van der Waals surface area contributed by atoms with Gasteiger partial charge < -0.3 is 4.55 Å². The Morgan fingerprint density at radius 1 is 1.10 bits per heavy atom. The van der Waals surface area contributed by atoms with Crippen molar-refractivity contribution in [1.82, 2.24) is 4.98 Å². The number of anilines is 1. The number of hydrogen-bond acceptors (Lipinski definition) is 6. The zero-order valence-corrected chi connectivity index (χ0v) is 13.5. The molecule has 0 radical (unpaired) electrons. The standard InChI is InChI=1S/C12H11N3O3S.Na/c16-19(17,18)12-3-1-11(2-4-12)15-14-9-10-5-7-13-8-6-10;/h1-9,15H,(H,16,17,18);/q;+1/p-1/b14-9+;. The molecule has 0 saturated heterocycles. The van der Waals surface area contributed by atoms with Crippen molar-refractivity contribution in [2.24, 2.45) is 5.10 Å². The van der Waals surface area contributed by atoms with Gasteiger partial charge in [-0.1, -0.05) is 0 Å². The van der Waals surface area contributed by atoms with Crippen molar-refractivity contribution in [3.63, 3.8) is 0 Å². The van der Waals surface area contributed by atoms with Crippen LogP contribution in [-0.4, -0.2) is 24.2 Å². The Hall–Kier alpha value is -1.25. The van der Waals surface area contributed by atoms with Gasteiger partial charge in [-0.15, -0.1) is 0 Å². The normalized spacial score (nSPS) is 11.1. The van der Waals surface area contributed by atoms with E-state index in [2.05, 4.69) is 15.5 Å². The van der Waals surface area contributed by atoms with E-state index >= 15 is 0 Å². The van der Waals surface area contributed by atoms with E-state index in [1.165, 1.54) is 24.3 Å². The van der Waals surface area contributed by atoms with E-state index in [0.717, 1.165) is 5.56 Å². The van der Waals surface area contributed by atoms with Gasteiger partial charge in [0.25, 0.3) is 0 Å². The molecule has 0 aliphatic carbocycles. The predicted octanol–water partition coefficient (Wildman–Crippen LogP) is -1.56. The van der Waals surface area contributed by atoms with Crippen LogP contribution < -0.4 is 35.0 Å². The minimum absolute atomic E-state index is 0. The molecule has 8 heteroatoms. The second-order valence-electron chi connectivity index (χ2n) is 3.63. The summed E-state index contributed by atoms with van der Waals surface area (Å²) in [5.41, 5.74) is 4.18. The molecule has 20 heavy (non-hydrogen) atoms. The molecule has 98 valence electrons. The molecule has 1 aromatic carbocycles. The van der Waals surface area contributed by atoms with Gasteiger partial charge >= 0.3 is 29.6 Å². The van der Waals surface area contributed by atoms with E-state index in [1.807, 2.05) is 0 Å². The van der Waals surface area contributed by atoms with E-state index in [9.17, 15) is 13.0 Å². The van der Waals surface area contributed by atoms with Gasteiger partial charge in [-0.05, 0) is 42.0 Å². The van der Waals surface area contributed by atoms with Gasteiger partial charge in [0.05, 0.1) is 16.8 Å². The smallest absolute Gasteiger partial charge is 0.744 e. The van der Waals surface area contributed by atoms with E-state index in [1.54, 1.807) is 30.7 Å². The molecule has 0 bridgehead atoms. The summed E-state index contributed by atoms with van der Waals surface area (Å²) in [5.74, 6) is 0. The molecule has 1 aromatic heterocycles. The molecule has 0 atom stereocenters. The number of pyridine rings is 1. The summed E-state index contributed by atoms with van der Waals surface area (Å²) in [6.45, 7) is 0. The third-order valence-electron chi connectivity index (χ3n) is 2.26. The van der Waals surface area contributed by atoms with Gasteiger partial charge in [-0.3, -0.25) is 10.4 Å². The first kappa shape index (κ1) is 16.8. The van der Waals surface area contributed by atoms with Crippen molar-refractivity contribution in [3.05, 3.63) is 54.4 Å². The van der Waals surface area contributed by atoms with E-state index in [0.29, 0.717) is 5.69 Å². The quantitative estimate of drug-likeness (QED) is 0.319. The largest absolute Gasteiger partial charge is 1.00 e. The molecule has 0 aliphatic rings. The summed E-state index contributed by atoms with van der Waals surface area (Å²) in [5, 5.41) is 3.97. The van der Waals surface area contributed by atoms with Crippen LogP contribution in [0, 0.1) is 0 Å². The first-order valence-corrected chi connectivity index (χ1v) is 6.71. The number of aromatic nitrogens is 1. The summed E-state index contributed by atoms with van der Waals surface area (Å²) in [6, 6.07) is 8.97. The molecule has 1 heterocycles. The maximum Gasteiger partial charge on any atom is 1.00 e. The van der Waals surface area contributed by atoms with Gasteiger partial charge in [0, 0.05) is 12.4 Å². The number of benzene rings is 1. The Balaban J connectivity index is 0.00000200. The van der Waals surface area contributed by atoms with Crippen LogP contribution in [0.3, 0.4) is 0 Å². The molecule has 6 nitrogen and oxygen atoms in total. The molecule has 0 fully saturated rings. The van der Waals surface area contributed by atoms with Crippen molar-refractivity contribution in [2.45, 2.75) is 4.90 Å². The zero-order valence-electron chi connectivity index (χ0n) is 10.7. The zero-order chi connectivity index (χ0) is 13.7. The molecule has 0 amide bonds. The first-order valence-electron chi connectivity index (χ1n) is 5.31.